The van der Waals surface area contributed by atoms with E-state index >= 15 is 0 Å². The minimum absolute atomic E-state index is 0.127. The Labute approximate surface area is 234 Å². The molecular formula is C31H50N2O6. The molecule has 8 nitrogen and oxygen atoms in total. The predicted octanol–water partition coefficient (Wildman–Crippen LogP) is 5.73. The first-order chi connectivity index (χ1) is 18.3. The van der Waals surface area contributed by atoms with E-state index in [4.69, 9.17) is 0 Å². The number of hydrogen-bond donors (Lipinski definition) is 4. The van der Waals surface area contributed by atoms with Gasteiger partial charge in [-0.15, -0.1) is 0 Å². The van der Waals surface area contributed by atoms with Gasteiger partial charge in [-0.25, -0.2) is 4.79 Å². The summed E-state index contributed by atoms with van der Waals surface area (Å²) in [6, 6.07) is 8.03. The third-order valence-electron chi connectivity index (χ3n) is 7.49. The first-order valence-electron chi connectivity index (χ1n) is 14.5. The SMILES string of the molecule is CCCCCCCCCCCC(=O)N[C@@H](C)C(=O)N[C@](CC(Cc1ccccc1)C(=O)O)(C(=O)O)C(C)(C)C. The highest BCUT2D eigenvalue weighted by molar-refractivity contribution is 5.92. The lowest BCUT2D eigenvalue weighted by Gasteiger charge is -2.43. The van der Waals surface area contributed by atoms with Crippen LogP contribution < -0.4 is 10.6 Å². The Morgan fingerprint density at radius 1 is 0.846 bits per heavy atom. The van der Waals surface area contributed by atoms with Gasteiger partial charge in [0.2, 0.25) is 11.8 Å². The number of carbonyl (C=O) groups excluding carboxylic acids is 2. The number of benzene rings is 1. The molecule has 0 aliphatic carbocycles. The highest BCUT2D eigenvalue weighted by atomic mass is 16.4. The summed E-state index contributed by atoms with van der Waals surface area (Å²) in [5, 5.41) is 25.6. The number of unbranched alkanes of at least 4 members (excludes halogenated alkanes) is 8. The van der Waals surface area contributed by atoms with Crippen LogP contribution >= 0.6 is 0 Å². The van der Waals surface area contributed by atoms with Crippen LogP contribution in [-0.4, -0.2) is 45.5 Å². The number of nitrogens with one attached hydrogen (secondary N) is 2. The quantitative estimate of drug-likeness (QED) is 0.164. The number of carboxylic acid groups (broad SMARTS) is 2. The maximum Gasteiger partial charge on any atom is 0.329 e. The van der Waals surface area contributed by atoms with Crippen LogP contribution in [0, 0.1) is 11.3 Å². The average molecular weight is 547 g/mol. The van der Waals surface area contributed by atoms with Crippen LogP contribution in [0.4, 0.5) is 0 Å². The lowest BCUT2D eigenvalue weighted by molar-refractivity contribution is -0.157. The fraction of sp³-hybridized carbons (Fsp3) is 0.677. The molecule has 3 atom stereocenters. The van der Waals surface area contributed by atoms with Gasteiger partial charge in [0.1, 0.15) is 11.6 Å². The first-order valence-corrected chi connectivity index (χ1v) is 14.5. The van der Waals surface area contributed by atoms with E-state index < -0.39 is 40.8 Å². The molecule has 0 aromatic heterocycles. The van der Waals surface area contributed by atoms with E-state index in [2.05, 4.69) is 17.6 Å². The number of aliphatic carboxylic acids is 2. The van der Waals surface area contributed by atoms with Crippen molar-refractivity contribution >= 4 is 23.8 Å². The van der Waals surface area contributed by atoms with Crippen molar-refractivity contribution in [1.29, 1.82) is 0 Å². The fourth-order valence-corrected chi connectivity index (χ4v) is 4.82. The van der Waals surface area contributed by atoms with Crippen LogP contribution in [0.2, 0.25) is 0 Å². The molecule has 0 bridgehead atoms. The zero-order chi connectivity index (χ0) is 29.5. The Hall–Kier alpha value is -2.90. The summed E-state index contributed by atoms with van der Waals surface area (Å²) in [6.45, 7) is 8.70. The van der Waals surface area contributed by atoms with Gasteiger partial charge < -0.3 is 20.8 Å². The summed E-state index contributed by atoms with van der Waals surface area (Å²) in [7, 11) is 0. The summed E-state index contributed by atoms with van der Waals surface area (Å²) in [5.74, 6) is -4.40. The Morgan fingerprint density at radius 3 is 1.87 bits per heavy atom. The van der Waals surface area contributed by atoms with E-state index in [1.165, 1.54) is 39.0 Å². The molecule has 0 aliphatic rings. The van der Waals surface area contributed by atoms with Crippen LogP contribution in [0.5, 0.6) is 0 Å². The lowest BCUT2D eigenvalue weighted by Crippen LogP contribution is -2.66. The van der Waals surface area contributed by atoms with E-state index in [-0.39, 0.29) is 18.7 Å². The maximum absolute atomic E-state index is 13.1. The number of amides is 2. The molecule has 0 aliphatic heterocycles. The molecule has 1 rings (SSSR count). The van der Waals surface area contributed by atoms with Gasteiger partial charge in [0.25, 0.3) is 0 Å². The largest absolute Gasteiger partial charge is 0.481 e. The van der Waals surface area contributed by atoms with Gasteiger partial charge in [0, 0.05) is 6.42 Å². The average Bonchev–Trinajstić information content (AvgIpc) is 2.86. The van der Waals surface area contributed by atoms with E-state index in [1.807, 2.05) is 6.07 Å². The van der Waals surface area contributed by atoms with Crippen LogP contribution in [0.1, 0.15) is 111 Å². The second-order valence-electron chi connectivity index (χ2n) is 11.7. The van der Waals surface area contributed by atoms with Crippen molar-refractivity contribution in [2.75, 3.05) is 0 Å². The molecule has 0 fully saturated rings. The Balaban J connectivity index is 2.78. The number of carbonyl (C=O) groups is 4. The van der Waals surface area contributed by atoms with Gasteiger partial charge in [-0.1, -0.05) is 109 Å². The third kappa shape index (κ3) is 11.8. The Morgan fingerprint density at radius 2 is 1.38 bits per heavy atom. The molecule has 1 unspecified atom stereocenters. The van der Waals surface area contributed by atoms with Crippen molar-refractivity contribution in [3.8, 4) is 0 Å². The normalized spacial score (nSPS) is 14.6. The van der Waals surface area contributed by atoms with Crippen molar-refractivity contribution in [3.63, 3.8) is 0 Å². The van der Waals surface area contributed by atoms with Crippen molar-refractivity contribution in [1.82, 2.24) is 10.6 Å². The third-order valence-corrected chi connectivity index (χ3v) is 7.49. The summed E-state index contributed by atoms with van der Waals surface area (Å²) in [6.07, 6.45) is 10.3. The molecule has 1 aromatic rings. The minimum Gasteiger partial charge on any atom is -0.481 e. The fourth-order valence-electron chi connectivity index (χ4n) is 4.82. The van der Waals surface area contributed by atoms with Crippen molar-refractivity contribution in [3.05, 3.63) is 35.9 Å². The monoisotopic (exact) mass is 546 g/mol. The van der Waals surface area contributed by atoms with Crippen molar-refractivity contribution in [2.24, 2.45) is 11.3 Å². The zero-order valence-electron chi connectivity index (χ0n) is 24.6. The molecule has 0 saturated heterocycles. The zero-order valence-corrected chi connectivity index (χ0v) is 24.6. The first kappa shape index (κ1) is 34.1. The topological polar surface area (TPSA) is 133 Å². The van der Waals surface area contributed by atoms with Crippen LogP contribution in [-0.2, 0) is 25.6 Å². The summed E-state index contributed by atoms with van der Waals surface area (Å²) in [5.41, 5.74) is -2.11. The van der Waals surface area contributed by atoms with E-state index in [1.54, 1.807) is 45.0 Å². The van der Waals surface area contributed by atoms with Crippen LogP contribution in [0.25, 0.3) is 0 Å². The molecule has 0 heterocycles. The molecular weight excluding hydrogens is 496 g/mol. The van der Waals surface area contributed by atoms with Crippen molar-refractivity contribution < 1.29 is 29.4 Å². The molecule has 8 heteroatoms. The molecule has 0 saturated carbocycles. The molecule has 2 amide bonds. The van der Waals surface area contributed by atoms with Gasteiger partial charge in [-0.2, -0.15) is 0 Å². The molecule has 39 heavy (non-hydrogen) atoms. The Kier molecular flexibility index (Phi) is 14.8. The van der Waals surface area contributed by atoms with Crippen LogP contribution in [0.15, 0.2) is 30.3 Å². The minimum atomic E-state index is -1.86. The Bertz CT molecular complexity index is 911. The van der Waals surface area contributed by atoms with Gasteiger partial charge in [0.15, 0.2) is 0 Å². The second kappa shape index (κ2) is 16.9. The van der Waals surface area contributed by atoms with E-state index in [0.717, 1.165) is 31.2 Å². The molecule has 220 valence electrons. The van der Waals surface area contributed by atoms with Gasteiger partial charge in [0.05, 0.1) is 5.92 Å². The molecule has 1 aromatic carbocycles. The number of rotatable bonds is 19. The van der Waals surface area contributed by atoms with Gasteiger partial charge in [-0.05, 0) is 37.2 Å². The summed E-state index contributed by atoms with van der Waals surface area (Å²) < 4.78 is 0. The predicted molar refractivity (Wildman–Crippen MR) is 153 cm³/mol. The maximum atomic E-state index is 13.1. The highest BCUT2D eigenvalue weighted by Gasteiger charge is 2.52. The standard InChI is InChI=1S/C31H50N2O6/c1-6-7-8-9-10-11-12-13-17-20-26(34)32-23(2)27(35)33-31(29(38)39,30(3,4)5)22-25(28(36)37)21-24-18-15-14-16-19-24/h14-16,18-19,23,25H,6-13,17,20-22H2,1-5H3,(H,32,34)(H,33,35)(H,36,37)(H,38,39)/t23-,25?,31+/m0/s1. The molecule has 0 radical (unpaired) electrons. The molecule has 4 N–H and O–H groups in total. The second-order valence-corrected chi connectivity index (χ2v) is 11.7. The smallest absolute Gasteiger partial charge is 0.329 e. The number of hydrogen-bond acceptors (Lipinski definition) is 4. The van der Waals surface area contributed by atoms with Gasteiger partial charge in [-0.3, -0.25) is 14.4 Å². The van der Waals surface area contributed by atoms with E-state index in [0.29, 0.717) is 6.42 Å². The molecule has 0 spiro atoms. The highest BCUT2D eigenvalue weighted by Crippen LogP contribution is 2.37. The van der Waals surface area contributed by atoms with E-state index in [9.17, 15) is 29.4 Å². The summed E-state index contributed by atoms with van der Waals surface area (Å²) >= 11 is 0. The lowest BCUT2D eigenvalue weighted by atomic mass is 9.68. The number of carboxylic acids is 2. The van der Waals surface area contributed by atoms with Crippen molar-refractivity contribution in [2.45, 2.75) is 123 Å². The van der Waals surface area contributed by atoms with Crippen LogP contribution in [0.3, 0.4) is 0 Å². The van der Waals surface area contributed by atoms with Gasteiger partial charge >= 0.3 is 11.9 Å². The summed E-state index contributed by atoms with van der Waals surface area (Å²) in [4.78, 5) is 50.4.